The number of likely N-dealkylation sites (N-methyl/N-ethyl adjacent to an activating group) is 1. The number of rotatable bonds is 21. The largest absolute Gasteiger partial charge is 0.325 e. The molecule has 1 heteroatoms. The Morgan fingerprint density at radius 2 is 0.931 bits per heavy atom. The summed E-state index contributed by atoms with van der Waals surface area (Å²) in [5.74, 6) is 0. The van der Waals surface area contributed by atoms with E-state index in [1.807, 2.05) is 6.92 Å². The van der Waals surface area contributed by atoms with Gasteiger partial charge in [-0.1, -0.05) is 127 Å². The Morgan fingerprint density at radius 1 is 0.517 bits per heavy atom. The van der Waals surface area contributed by atoms with Gasteiger partial charge in [-0.05, 0) is 25.8 Å². The molecule has 0 unspecified atom stereocenters. The fourth-order valence-electron chi connectivity index (χ4n) is 3.84. The molecule has 0 radical (unpaired) electrons. The van der Waals surface area contributed by atoms with Gasteiger partial charge in [0.25, 0.3) is 0 Å². The maximum absolute atomic E-state index is 2.35. The maximum atomic E-state index is 2.35. The molecule has 0 aliphatic rings. The van der Waals surface area contributed by atoms with E-state index >= 15 is 0 Å². The van der Waals surface area contributed by atoms with Gasteiger partial charge in [0.2, 0.25) is 0 Å². The van der Waals surface area contributed by atoms with Crippen LogP contribution >= 0.6 is 0 Å². The van der Waals surface area contributed by atoms with E-state index in [0.29, 0.717) is 0 Å². The number of hydrogen-bond donors (Lipinski definition) is 0. The normalized spacial score (nSPS) is 12.8. The highest BCUT2D eigenvalue weighted by atomic mass is 15.3. The summed E-state index contributed by atoms with van der Waals surface area (Å²) in [4.78, 5) is 0. The number of allylic oxidation sites excluding steroid dienone is 5. The molecular formula is C28H54N+. The molecule has 29 heavy (non-hydrogen) atoms. The average Bonchev–Trinajstić information content (AvgIpc) is 2.70. The molecule has 0 saturated carbocycles. The van der Waals surface area contributed by atoms with Crippen molar-refractivity contribution in [2.24, 2.45) is 0 Å². The van der Waals surface area contributed by atoms with Crippen LogP contribution < -0.4 is 0 Å². The van der Waals surface area contributed by atoms with Crippen molar-refractivity contribution >= 4 is 0 Å². The summed E-state index contributed by atoms with van der Waals surface area (Å²) in [6.45, 7) is 6.76. The number of nitrogens with zero attached hydrogens (tertiary/aromatic N) is 1. The SMILES string of the molecule is C/C=C/C=C/C=C/C[N+](C)(C)CCCCCCCCCCCCCCCCCC. The molecule has 0 saturated heterocycles. The predicted molar refractivity (Wildman–Crippen MR) is 134 cm³/mol. The van der Waals surface area contributed by atoms with E-state index in [2.05, 4.69) is 57.5 Å². The Bertz CT molecular complexity index is 403. The first kappa shape index (κ1) is 28.2. The molecule has 1 nitrogen and oxygen atoms in total. The lowest BCUT2D eigenvalue weighted by Gasteiger charge is -2.28. The average molecular weight is 405 g/mol. The van der Waals surface area contributed by atoms with Crippen LogP contribution in [-0.2, 0) is 0 Å². The first-order chi connectivity index (χ1) is 14.1. The third kappa shape index (κ3) is 23.3. The summed E-state index contributed by atoms with van der Waals surface area (Å²) in [5, 5.41) is 0. The van der Waals surface area contributed by atoms with Crippen molar-refractivity contribution in [3.63, 3.8) is 0 Å². The fourth-order valence-corrected chi connectivity index (χ4v) is 3.84. The molecular weight excluding hydrogens is 350 g/mol. The van der Waals surface area contributed by atoms with E-state index in [0.717, 1.165) is 11.0 Å². The van der Waals surface area contributed by atoms with Crippen LogP contribution in [0.4, 0.5) is 0 Å². The van der Waals surface area contributed by atoms with Crippen molar-refractivity contribution in [3.05, 3.63) is 36.5 Å². The molecule has 0 bridgehead atoms. The first-order valence-electron chi connectivity index (χ1n) is 12.9. The molecule has 0 aromatic carbocycles. The molecule has 0 heterocycles. The summed E-state index contributed by atoms with van der Waals surface area (Å²) in [5.41, 5.74) is 0. The second-order valence-corrected chi connectivity index (χ2v) is 9.48. The van der Waals surface area contributed by atoms with Crippen molar-refractivity contribution in [2.75, 3.05) is 27.2 Å². The van der Waals surface area contributed by atoms with Gasteiger partial charge in [0, 0.05) is 0 Å². The summed E-state index contributed by atoms with van der Waals surface area (Å²) < 4.78 is 1.10. The zero-order valence-electron chi connectivity index (χ0n) is 20.6. The van der Waals surface area contributed by atoms with Crippen molar-refractivity contribution in [3.8, 4) is 0 Å². The topological polar surface area (TPSA) is 0 Å². The fraction of sp³-hybridized carbons (Fsp3) is 0.786. The molecule has 0 amide bonds. The Kier molecular flexibility index (Phi) is 21.3. The third-order valence-electron chi connectivity index (χ3n) is 5.88. The molecule has 0 rings (SSSR count). The van der Waals surface area contributed by atoms with Gasteiger partial charge >= 0.3 is 0 Å². The van der Waals surface area contributed by atoms with Gasteiger partial charge in [-0.3, -0.25) is 0 Å². The standard InChI is InChI=1S/C28H54N/c1-5-7-9-11-13-14-15-16-17-18-19-20-21-22-24-26-28-29(3,4)27-25-23-12-10-8-6-2/h6,8,10,12,23,25H,5,7,9,11,13-22,24,26-28H2,1-4H3/q+1/b8-6+,12-10+,25-23+. The van der Waals surface area contributed by atoms with Crippen molar-refractivity contribution in [1.29, 1.82) is 0 Å². The van der Waals surface area contributed by atoms with Crippen LogP contribution in [0.15, 0.2) is 36.5 Å². The molecule has 0 aliphatic heterocycles. The molecule has 170 valence electrons. The Labute approximate surface area is 184 Å². The van der Waals surface area contributed by atoms with E-state index in [4.69, 9.17) is 0 Å². The van der Waals surface area contributed by atoms with Gasteiger partial charge < -0.3 is 4.48 Å². The minimum absolute atomic E-state index is 1.10. The molecule has 0 aromatic heterocycles. The van der Waals surface area contributed by atoms with Crippen LogP contribution in [0.5, 0.6) is 0 Å². The molecule has 0 atom stereocenters. The first-order valence-corrected chi connectivity index (χ1v) is 12.9. The van der Waals surface area contributed by atoms with Gasteiger partial charge in [-0.25, -0.2) is 0 Å². The third-order valence-corrected chi connectivity index (χ3v) is 5.88. The summed E-state index contributed by atoms with van der Waals surface area (Å²) in [6, 6.07) is 0. The lowest BCUT2D eigenvalue weighted by Crippen LogP contribution is -2.40. The van der Waals surface area contributed by atoms with Crippen LogP contribution in [0, 0.1) is 0 Å². The summed E-state index contributed by atoms with van der Waals surface area (Å²) >= 11 is 0. The van der Waals surface area contributed by atoms with E-state index in [1.54, 1.807) is 0 Å². The lowest BCUT2D eigenvalue weighted by atomic mass is 10.0. The summed E-state index contributed by atoms with van der Waals surface area (Å²) in [6.07, 6.45) is 35.9. The van der Waals surface area contributed by atoms with Gasteiger partial charge in [-0.2, -0.15) is 0 Å². The van der Waals surface area contributed by atoms with E-state index in [1.165, 1.54) is 109 Å². The van der Waals surface area contributed by atoms with E-state index in [9.17, 15) is 0 Å². The minimum Gasteiger partial charge on any atom is -0.325 e. The minimum atomic E-state index is 1.10. The number of hydrogen-bond acceptors (Lipinski definition) is 0. The molecule has 0 fully saturated rings. The number of unbranched alkanes of at least 4 members (excludes halogenated alkanes) is 15. The zero-order valence-corrected chi connectivity index (χ0v) is 20.6. The van der Waals surface area contributed by atoms with Crippen LogP contribution in [0.3, 0.4) is 0 Å². The highest BCUT2D eigenvalue weighted by Crippen LogP contribution is 2.14. The Balaban J connectivity index is 3.35. The van der Waals surface area contributed by atoms with Crippen LogP contribution in [-0.4, -0.2) is 31.7 Å². The van der Waals surface area contributed by atoms with Gasteiger partial charge in [-0.15, -0.1) is 0 Å². The smallest absolute Gasteiger partial charge is 0.0972 e. The molecule has 0 spiro atoms. The zero-order chi connectivity index (χ0) is 21.5. The second-order valence-electron chi connectivity index (χ2n) is 9.48. The number of quaternary nitrogens is 1. The lowest BCUT2D eigenvalue weighted by molar-refractivity contribution is -0.884. The highest BCUT2D eigenvalue weighted by molar-refractivity contribution is 5.10. The van der Waals surface area contributed by atoms with E-state index < -0.39 is 0 Å². The second kappa shape index (κ2) is 21.9. The maximum Gasteiger partial charge on any atom is 0.0972 e. The van der Waals surface area contributed by atoms with Crippen molar-refractivity contribution in [2.45, 2.75) is 117 Å². The van der Waals surface area contributed by atoms with Gasteiger partial charge in [0.05, 0.1) is 27.2 Å². The monoisotopic (exact) mass is 404 g/mol. The van der Waals surface area contributed by atoms with Crippen molar-refractivity contribution < 1.29 is 4.48 Å². The van der Waals surface area contributed by atoms with E-state index in [-0.39, 0.29) is 0 Å². The van der Waals surface area contributed by atoms with Crippen LogP contribution in [0.2, 0.25) is 0 Å². The van der Waals surface area contributed by atoms with Gasteiger partial charge in [0.1, 0.15) is 0 Å². The van der Waals surface area contributed by atoms with Gasteiger partial charge in [0.15, 0.2) is 0 Å². The van der Waals surface area contributed by atoms with Crippen LogP contribution in [0.1, 0.15) is 117 Å². The van der Waals surface area contributed by atoms with Crippen molar-refractivity contribution in [1.82, 2.24) is 0 Å². The highest BCUT2D eigenvalue weighted by Gasteiger charge is 2.11. The Hall–Kier alpha value is -0.820. The van der Waals surface area contributed by atoms with Crippen LogP contribution in [0.25, 0.3) is 0 Å². The summed E-state index contributed by atoms with van der Waals surface area (Å²) in [7, 11) is 4.70. The Morgan fingerprint density at radius 3 is 1.38 bits per heavy atom. The molecule has 0 N–H and O–H groups in total. The quantitative estimate of drug-likeness (QED) is 0.102. The molecule has 0 aliphatic carbocycles. The predicted octanol–water partition coefficient (Wildman–Crippen LogP) is 9.01. The molecule has 0 aromatic rings.